The highest BCUT2D eigenvalue weighted by molar-refractivity contribution is 5.66. The van der Waals surface area contributed by atoms with Crippen LogP contribution in [0.1, 0.15) is 40.5 Å². The molecule has 3 nitrogen and oxygen atoms in total. The maximum atomic E-state index is 10.9. The lowest BCUT2D eigenvalue weighted by Gasteiger charge is -2.37. The topological polar surface area (TPSA) is 46.5 Å². The molecule has 0 unspecified atom stereocenters. The third-order valence-electron chi connectivity index (χ3n) is 3.15. The predicted molar refractivity (Wildman–Crippen MR) is 58.3 cm³/mol. The van der Waals surface area contributed by atoms with Crippen LogP contribution in [0.3, 0.4) is 0 Å². The van der Waals surface area contributed by atoms with E-state index in [0.29, 0.717) is 6.42 Å². The molecule has 0 amide bonds. The number of carbonyl (C=O) groups excluding carboxylic acids is 1. The predicted octanol–water partition coefficient (Wildman–Crippen LogP) is 2.05. The largest absolute Gasteiger partial charge is 0.460 e. The van der Waals surface area contributed by atoms with Crippen molar-refractivity contribution in [3.05, 3.63) is 11.6 Å². The Balaban J connectivity index is 2.69. The minimum absolute atomic E-state index is 0.195. The number of hydrogen-bond acceptors (Lipinski definition) is 3. The summed E-state index contributed by atoms with van der Waals surface area (Å²) in [6, 6.07) is 0. The zero-order chi connectivity index (χ0) is 11.6. The zero-order valence-corrected chi connectivity index (χ0v) is 9.91. The van der Waals surface area contributed by atoms with Crippen molar-refractivity contribution < 1.29 is 14.6 Å². The molecule has 0 bridgehead atoms. The smallest absolute Gasteiger partial charge is 0.303 e. The lowest BCUT2D eigenvalue weighted by molar-refractivity contribution is -0.160. The first-order valence-electron chi connectivity index (χ1n) is 5.37. The van der Waals surface area contributed by atoms with Gasteiger partial charge in [0.15, 0.2) is 0 Å². The average molecular weight is 212 g/mol. The van der Waals surface area contributed by atoms with Crippen LogP contribution in [0.25, 0.3) is 0 Å². The van der Waals surface area contributed by atoms with Gasteiger partial charge in [-0.1, -0.05) is 6.08 Å². The molecule has 0 aliphatic heterocycles. The summed E-state index contributed by atoms with van der Waals surface area (Å²) in [5.41, 5.74) is 0.522. The van der Waals surface area contributed by atoms with E-state index in [9.17, 15) is 9.90 Å². The minimum atomic E-state index is -0.496. The summed E-state index contributed by atoms with van der Waals surface area (Å²) in [5, 5.41) is 9.74. The molecule has 0 aromatic rings. The maximum absolute atomic E-state index is 10.9. The first kappa shape index (κ1) is 12.2. The Morgan fingerprint density at radius 1 is 1.60 bits per heavy atom. The molecule has 0 radical (unpaired) electrons. The molecule has 1 aliphatic carbocycles. The van der Waals surface area contributed by atoms with Gasteiger partial charge in [0, 0.05) is 12.8 Å². The molecule has 0 aromatic heterocycles. The van der Waals surface area contributed by atoms with Gasteiger partial charge in [0.1, 0.15) is 5.60 Å². The van der Waals surface area contributed by atoms with Crippen LogP contribution >= 0.6 is 0 Å². The molecule has 0 saturated heterocycles. The molecule has 0 fully saturated rings. The van der Waals surface area contributed by atoms with Crippen LogP contribution in [-0.2, 0) is 9.53 Å². The Labute approximate surface area is 91.1 Å². The molecule has 3 heteroatoms. The van der Waals surface area contributed by atoms with Crippen LogP contribution in [-0.4, -0.2) is 22.8 Å². The lowest BCUT2D eigenvalue weighted by Crippen LogP contribution is -2.39. The number of allylic oxidation sites excluding steroid dienone is 1. The van der Waals surface area contributed by atoms with E-state index in [-0.39, 0.29) is 11.9 Å². The lowest BCUT2D eigenvalue weighted by atomic mass is 9.78. The van der Waals surface area contributed by atoms with Crippen molar-refractivity contribution in [1.82, 2.24) is 0 Å². The number of aliphatic hydroxyl groups is 1. The van der Waals surface area contributed by atoms with Gasteiger partial charge in [-0.3, -0.25) is 4.79 Å². The van der Waals surface area contributed by atoms with E-state index in [1.165, 1.54) is 6.92 Å². The Morgan fingerprint density at radius 2 is 2.20 bits per heavy atom. The monoisotopic (exact) mass is 212 g/mol. The number of ether oxygens (including phenoxy) is 1. The second-order valence-corrected chi connectivity index (χ2v) is 4.83. The van der Waals surface area contributed by atoms with Gasteiger partial charge < -0.3 is 9.84 Å². The summed E-state index contributed by atoms with van der Waals surface area (Å²) in [4.78, 5) is 10.9. The van der Waals surface area contributed by atoms with Gasteiger partial charge in [-0.25, -0.2) is 0 Å². The van der Waals surface area contributed by atoms with Crippen LogP contribution in [0.2, 0.25) is 0 Å². The Bertz CT molecular complexity index is 279. The molecule has 1 N–H and O–H groups in total. The van der Waals surface area contributed by atoms with Gasteiger partial charge >= 0.3 is 5.97 Å². The SMILES string of the molecule is CC(=O)OC(C)(C)[C@@H]1CC=C(C)[C@@H](O)C1. The average Bonchev–Trinajstić information content (AvgIpc) is 2.07. The quantitative estimate of drug-likeness (QED) is 0.563. The highest BCUT2D eigenvalue weighted by Crippen LogP contribution is 2.34. The molecular weight excluding hydrogens is 192 g/mol. The number of hydrogen-bond donors (Lipinski definition) is 1. The second-order valence-electron chi connectivity index (χ2n) is 4.83. The Morgan fingerprint density at radius 3 is 2.67 bits per heavy atom. The third-order valence-corrected chi connectivity index (χ3v) is 3.15. The van der Waals surface area contributed by atoms with Gasteiger partial charge in [-0.05, 0) is 39.2 Å². The van der Waals surface area contributed by atoms with Crippen LogP contribution in [0.15, 0.2) is 11.6 Å². The van der Waals surface area contributed by atoms with Gasteiger partial charge in [0.05, 0.1) is 6.10 Å². The van der Waals surface area contributed by atoms with Crippen LogP contribution in [0.5, 0.6) is 0 Å². The van der Waals surface area contributed by atoms with Gasteiger partial charge in [-0.2, -0.15) is 0 Å². The van der Waals surface area contributed by atoms with E-state index < -0.39 is 11.7 Å². The molecule has 15 heavy (non-hydrogen) atoms. The number of rotatable bonds is 2. The van der Waals surface area contributed by atoms with E-state index in [1.807, 2.05) is 26.8 Å². The van der Waals surface area contributed by atoms with Crippen molar-refractivity contribution in [2.45, 2.75) is 52.2 Å². The number of carbonyl (C=O) groups is 1. The highest BCUT2D eigenvalue weighted by Gasteiger charge is 2.35. The van der Waals surface area contributed by atoms with Crippen LogP contribution in [0.4, 0.5) is 0 Å². The van der Waals surface area contributed by atoms with Crippen molar-refractivity contribution in [1.29, 1.82) is 0 Å². The summed E-state index contributed by atoms with van der Waals surface area (Å²) >= 11 is 0. The highest BCUT2D eigenvalue weighted by atomic mass is 16.6. The molecule has 86 valence electrons. The summed E-state index contributed by atoms with van der Waals surface area (Å²) in [7, 11) is 0. The van der Waals surface area contributed by atoms with E-state index >= 15 is 0 Å². The fraction of sp³-hybridized carbons (Fsp3) is 0.750. The maximum Gasteiger partial charge on any atom is 0.303 e. The molecule has 2 atom stereocenters. The van der Waals surface area contributed by atoms with Crippen LogP contribution < -0.4 is 0 Å². The van der Waals surface area contributed by atoms with E-state index in [1.54, 1.807) is 0 Å². The van der Waals surface area contributed by atoms with Gasteiger partial charge in [0.25, 0.3) is 0 Å². The fourth-order valence-electron chi connectivity index (χ4n) is 2.04. The van der Waals surface area contributed by atoms with E-state index in [2.05, 4.69) is 0 Å². The Hall–Kier alpha value is -0.830. The van der Waals surface area contributed by atoms with Crippen molar-refractivity contribution in [3.8, 4) is 0 Å². The third kappa shape index (κ3) is 3.06. The summed E-state index contributed by atoms with van der Waals surface area (Å²) in [5.74, 6) is -0.0686. The van der Waals surface area contributed by atoms with E-state index in [0.717, 1.165) is 12.0 Å². The second kappa shape index (κ2) is 4.35. The molecular formula is C12H20O3. The van der Waals surface area contributed by atoms with Gasteiger partial charge in [0.2, 0.25) is 0 Å². The molecule has 1 rings (SSSR count). The van der Waals surface area contributed by atoms with Crippen molar-refractivity contribution in [3.63, 3.8) is 0 Å². The van der Waals surface area contributed by atoms with Gasteiger partial charge in [-0.15, -0.1) is 0 Å². The summed E-state index contributed by atoms with van der Waals surface area (Å²) < 4.78 is 5.28. The number of esters is 1. The zero-order valence-electron chi connectivity index (χ0n) is 9.91. The Kier molecular flexibility index (Phi) is 3.55. The number of aliphatic hydroxyl groups excluding tert-OH is 1. The standard InChI is InChI=1S/C12H20O3/c1-8-5-6-10(7-11(8)14)12(3,4)15-9(2)13/h5,10-11,14H,6-7H2,1-4H3/t10-,11+/m1/s1. The molecule has 0 saturated carbocycles. The summed E-state index contributed by atoms with van der Waals surface area (Å²) in [6.07, 6.45) is 3.18. The van der Waals surface area contributed by atoms with Crippen molar-refractivity contribution >= 4 is 5.97 Å². The van der Waals surface area contributed by atoms with Crippen molar-refractivity contribution in [2.75, 3.05) is 0 Å². The van der Waals surface area contributed by atoms with Crippen LogP contribution in [0, 0.1) is 5.92 Å². The molecule has 0 spiro atoms. The molecule has 1 aliphatic rings. The van der Waals surface area contributed by atoms with Crippen molar-refractivity contribution in [2.24, 2.45) is 5.92 Å². The minimum Gasteiger partial charge on any atom is -0.460 e. The summed E-state index contributed by atoms with van der Waals surface area (Å²) in [6.45, 7) is 7.16. The molecule has 0 heterocycles. The first-order valence-corrected chi connectivity index (χ1v) is 5.37. The normalized spacial score (nSPS) is 27.1. The van der Waals surface area contributed by atoms with E-state index in [4.69, 9.17) is 4.74 Å². The molecule has 0 aromatic carbocycles. The fourth-order valence-corrected chi connectivity index (χ4v) is 2.04. The first-order chi connectivity index (χ1) is 6.83.